The Morgan fingerprint density at radius 1 is 0.245 bits per heavy atom. The smallest absolute Gasteiger partial charge is 0.252 e. The number of hydrogen-bond donors (Lipinski definition) is 0. The Bertz CT molecular complexity index is 5110. The SMILES string of the molecule is c1ccc(-c2ccncc2-c2ccc3c(c2)B2c4cc(-c5cnccc5-c5ccccc5)ccc4N(c4c(-c5ccccc5)cccc4-c4ccccc4)c4cc(-n5c6ccccc6c6ccccc65)cc(c42)N3c2c(-c3ccccc3)cccc2-c2ccccc2)cc1. The third kappa shape index (κ3) is 9.02. The maximum atomic E-state index is 4.89. The molecule has 0 bridgehead atoms. The summed E-state index contributed by atoms with van der Waals surface area (Å²) in [5, 5.41) is 2.40. The molecule has 0 aliphatic carbocycles. The van der Waals surface area contributed by atoms with E-state index in [0.717, 1.165) is 140 Å². The summed E-state index contributed by atoms with van der Waals surface area (Å²) in [7, 11) is 0. The molecular weight excluding hydrogens is 1140 g/mol. The predicted octanol–water partition coefficient (Wildman–Crippen LogP) is 21.0. The molecule has 2 aliphatic heterocycles. The molecule has 2 aliphatic rings. The van der Waals surface area contributed by atoms with E-state index in [2.05, 4.69) is 342 Å². The van der Waals surface area contributed by atoms with E-state index < -0.39 is 0 Å². The molecule has 16 aromatic rings. The number of fused-ring (bicyclic) bond motifs is 7. The molecule has 5 heterocycles. The summed E-state index contributed by atoms with van der Waals surface area (Å²) in [6.07, 6.45) is 7.94. The number of benzene rings is 13. The molecule has 438 valence electrons. The molecule has 0 unspecified atom stereocenters. The van der Waals surface area contributed by atoms with Crippen molar-refractivity contribution in [1.82, 2.24) is 14.5 Å². The fraction of sp³-hybridized carbons (Fsp3) is 0. The standard InChI is InChI=1S/C88H58BN5/c1-7-25-59(26-8-1)68-49-51-90-57-76(68)65-45-47-82-78(53-65)89-79-54-66(77-58-91-52-50-69(77)60-27-9-2-10-28-60)46-48-83(79)94(88-72(63-33-15-5-16-34-63)41-24-42-73(88)64-35-17-6-18-36-64)85-56-67(92-80-43-21-19-37-74(80)75-38-20-22-44-81(75)92)55-84(86(85)89)93(82)87-70(61-29-11-3-12-30-61)39-23-40-71(87)62-31-13-4-14-32-62/h1-58H. The summed E-state index contributed by atoms with van der Waals surface area (Å²) in [6, 6.07) is 121. The highest BCUT2D eigenvalue weighted by Gasteiger charge is 2.46. The Hall–Kier alpha value is -12.4. The zero-order valence-corrected chi connectivity index (χ0v) is 51.3. The van der Waals surface area contributed by atoms with E-state index in [-0.39, 0.29) is 6.71 Å². The van der Waals surface area contributed by atoms with Crippen molar-refractivity contribution < 1.29 is 0 Å². The number of pyridine rings is 2. The first-order valence-electron chi connectivity index (χ1n) is 32.2. The first-order valence-corrected chi connectivity index (χ1v) is 32.2. The average Bonchev–Trinajstić information content (AvgIpc) is 0.757. The summed E-state index contributed by atoms with van der Waals surface area (Å²) in [5.41, 5.74) is 31.1. The van der Waals surface area contributed by atoms with E-state index in [1.54, 1.807) is 0 Å². The lowest BCUT2D eigenvalue weighted by Crippen LogP contribution is -2.61. The van der Waals surface area contributed by atoms with Gasteiger partial charge in [-0.3, -0.25) is 9.97 Å². The van der Waals surface area contributed by atoms with Gasteiger partial charge in [-0.2, -0.15) is 0 Å². The van der Waals surface area contributed by atoms with Gasteiger partial charge in [-0.05, 0) is 121 Å². The summed E-state index contributed by atoms with van der Waals surface area (Å²) >= 11 is 0. The quantitative estimate of drug-likeness (QED) is 0.121. The molecule has 5 nitrogen and oxygen atoms in total. The van der Waals surface area contributed by atoms with Gasteiger partial charge in [0.15, 0.2) is 0 Å². The van der Waals surface area contributed by atoms with Gasteiger partial charge < -0.3 is 14.4 Å². The van der Waals surface area contributed by atoms with Crippen molar-refractivity contribution >= 4 is 79.0 Å². The van der Waals surface area contributed by atoms with E-state index in [0.29, 0.717) is 0 Å². The minimum absolute atomic E-state index is 0.323. The van der Waals surface area contributed by atoms with Gasteiger partial charge in [0.2, 0.25) is 0 Å². The fourth-order valence-electron chi connectivity index (χ4n) is 15.1. The van der Waals surface area contributed by atoms with E-state index in [9.17, 15) is 0 Å². The maximum Gasteiger partial charge on any atom is 0.252 e. The van der Waals surface area contributed by atoms with Crippen molar-refractivity contribution in [3.8, 4) is 94.7 Å². The molecule has 0 fully saturated rings. The zero-order chi connectivity index (χ0) is 62.1. The lowest BCUT2D eigenvalue weighted by atomic mass is 9.33. The third-order valence-electron chi connectivity index (χ3n) is 19.2. The largest absolute Gasteiger partial charge is 0.310 e. The fourth-order valence-corrected chi connectivity index (χ4v) is 15.1. The Balaban J connectivity index is 1.04. The van der Waals surface area contributed by atoms with E-state index in [4.69, 9.17) is 9.97 Å². The Kier molecular flexibility index (Phi) is 13.3. The highest BCUT2D eigenvalue weighted by molar-refractivity contribution is 7.00. The van der Waals surface area contributed by atoms with Gasteiger partial charge in [0, 0.05) is 91.7 Å². The molecule has 0 saturated heterocycles. The van der Waals surface area contributed by atoms with Crippen LogP contribution in [-0.2, 0) is 0 Å². The van der Waals surface area contributed by atoms with E-state index in [1.807, 2.05) is 24.8 Å². The molecule has 0 atom stereocenters. The second kappa shape index (κ2) is 22.8. The Morgan fingerprint density at radius 3 is 0.936 bits per heavy atom. The summed E-state index contributed by atoms with van der Waals surface area (Å²) in [4.78, 5) is 15.1. The van der Waals surface area contributed by atoms with Crippen molar-refractivity contribution in [2.24, 2.45) is 0 Å². The van der Waals surface area contributed by atoms with Gasteiger partial charge in [-0.15, -0.1) is 0 Å². The van der Waals surface area contributed by atoms with Crippen LogP contribution in [0.25, 0.3) is 117 Å². The lowest BCUT2D eigenvalue weighted by Gasteiger charge is -2.46. The van der Waals surface area contributed by atoms with Gasteiger partial charge in [0.25, 0.3) is 6.71 Å². The molecule has 94 heavy (non-hydrogen) atoms. The summed E-state index contributed by atoms with van der Waals surface area (Å²) in [5.74, 6) is 0. The van der Waals surface area contributed by atoms with Gasteiger partial charge in [-0.25, -0.2) is 0 Å². The lowest BCUT2D eigenvalue weighted by molar-refractivity contribution is 1.16. The van der Waals surface area contributed by atoms with Gasteiger partial charge in [0.05, 0.1) is 28.1 Å². The highest BCUT2D eigenvalue weighted by atomic mass is 15.2. The molecule has 0 radical (unpaired) electrons. The van der Waals surface area contributed by atoms with Gasteiger partial charge in [0.1, 0.15) is 0 Å². The van der Waals surface area contributed by atoms with Crippen LogP contribution in [0.15, 0.2) is 352 Å². The first kappa shape index (κ1) is 54.5. The molecule has 0 N–H and O–H groups in total. The normalized spacial score (nSPS) is 12.2. The van der Waals surface area contributed by atoms with Crippen molar-refractivity contribution in [3.63, 3.8) is 0 Å². The number of para-hydroxylation sites is 4. The molecule has 0 amide bonds. The molecule has 18 rings (SSSR count). The van der Waals surface area contributed by atoms with Crippen LogP contribution in [0, 0.1) is 0 Å². The van der Waals surface area contributed by atoms with Crippen LogP contribution in [0.1, 0.15) is 0 Å². The number of rotatable bonds is 11. The zero-order valence-electron chi connectivity index (χ0n) is 51.3. The average molecular weight is 1200 g/mol. The minimum Gasteiger partial charge on any atom is -0.310 e. The molecule has 3 aromatic heterocycles. The van der Waals surface area contributed by atoms with Crippen molar-refractivity contribution in [1.29, 1.82) is 0 Å². The number of nitrogens with zero attached hydrogens (tertiary/aromatic N) is 5. The molecule has 13 aromatic carbocycles. The van der Waals surface area contributed by atoms with E-state index >= 15 is 0 Å². The van der Waals surface area contributed by atoms with Crippen LogP contribution in [0.3, 0.4) is 0 Å². The van der Waals surface area contributed by atoms with Crippen LogP contribution >= 0.6 is 0 Å². The molecule has 6 heteroatoms. The summed E-state index contributed by atoms with van der Waals surface area (Å²) in [6.45, 7) is -0.323. The first-order chi connectivity index (χ1) is 46.7. The molecular formula is C88H58BN5. The van der Waals surface area contributed by atoms with Gasteiger partial charge in [-0.1, -0.05) is 279 Å². The van der Waals surface area contributed by atoms with Crippen LogP contribution in [0.4, 0.5) is 34.1 Å². The number of hydrogen-bond acceptors (Lipinski definition) is 4. The Morgan fingerprint density at radius 2 is 0.574 bits per heavy atom. The second-order valence-electron chi connectivity index (χ2n) is 24.4. The van der Waals surface area contributed by atoms with Crippen molar-refractivity contribution in [2.45, 2.75) is 0 Å². The van der Waals surface area contributed by atoms with Crippen LogP contribution in [0.2, 0.25) is 0 Å². The highest BCUT2D eigenvalue weighted by Crippen LogP contribution is 2.54. The Labute approximate surface area is 547 Å². The number of aromatic nitrogens is 3. The third-order valence-corrected chi connectivity index (χ3v) is 19.2. The maximum absolute atomic E-state index is 4.89. The molecule has 0 spiro atoms. The predicted molar refractivity (Wildman–Crippen MR) is 394 cm³/mol. The van der Waals surface area contributed by atoms with Crippen molar-refractivity contribution in [3.05, 3.63) is 352 Å². The summed E-state index contributed by atoms with van der Waals surface area (Å²) < 4.78 is 2.51. The monoisotopic (exact) mass is 1200 g/mol. The van der Waals surface area contributed by atoms with Gasteiger partial charge >= 0.3 is 0 Å². The number of anilines is 6. The topological polar surface area (TPSA) is 37.2 Å². The second-order valence-corrected chi connectivity index (χ2v) is 24.4. The molecule has 0 saturated carbocycles. The minimum atomic E-state index is -0.323. The van der Waals surface area contributed by atoms with Crippen LogP contribution in [-0.4, -0.2) is 21.2 Å². The van der Waals surface area contributed by atoms with Crippen molar-refractivity contribution in [2.75, 3.05) is 9.80 Å². The van der Waals surface area contributed by atoms with Crippen LogP contribution in [0.5, 0.6) is 0 Å². The van der Waals surface area contributed by atoms with Crippen LogP contribution < -0.4 is 26.2 Å². The van der Waals surface area contributed by atoms with E-state index in [1.165, 1.54) is 27.2 Å².